The first-order valence-corrected chi connectivity index (χ1v) is 9.18. The second kappa shape index (κ2) is 6.95. The van der Waals surface area contributed by atoms with Gasteiger partial charge in [-0.05, 0) is 38.5 Å². The van der Waals surface area contributed by atoms with E-state index in [0.717, 1.165) is 52.5 Å². The van der Waals surface area contributed by atoms with E-state index in [2.05, 4.69) is 16.9 Å². The average molecular weight is 363 g/mol. The molecule has 5 nitrogen and oxygen atoms in total. The minimum Gasteiger partial charge on any atom is -0.325 e. The smallest absolute Gasteiger partial charge is 0.158 e. The molecule has 0 unspecified atom stereocenters. The Morgan fingerprint density at radius 3 is 2.70 bits per heavy atom. The minimum absolute atomic E-state index is 0.265. The molecule has 1 aromatic carbocycles. The Morgan fingerprint density at radius 1 is 1.07 bits per heavy atom. The number of aromatic nitrogens is 5. The highest BCUT2D eigenvalue weighted by molar-refractivity contribution is 5.57. The van der Waals surface area contributed by atoms with Crippen molar-refractivity contribution in [1.82, 2.24) is 24.1 Å². The number of aryl methyl sites for hydroxylation is 3. The largest absolute Gasteiger partial charge is 0.325 e. The molecule has 0 amide bonds. The van der Waals surface area contributed by atoms with E-state index >= 15 is 0 Å². The summed E-state index contributed by atoms with van der Waals surface area (Å²) < 4.78 is 17.6. The van der Waals surface area contributed by atoms with Crippen LogP contribution in [0.15, 0.2) is 42.7 Å². The number of hydrogen-bond acceptors (Lipinski definition) is 3. The van der Waals surface area contributed by atoms with Crippen LogP contribution in [0.2, 0.25) is 0 Å². The maximum Gasteiger partial charge on any atom is 0.158 e. The van der Waals surface area contributed by atoms with Crippen molar-refractivity contribution in [3.05, 3.63) is 71.2 Å². The second-order valence-electron chi connectivity index (χ2n) is 6.86. The summed E-state index contributed by atoms with van der Waals surface area (Å²) in [6, 6.07) is 8.50. The van der Waals surface area contributed by atoms with Gasteiger partial charge in [0.05, 0.1) is 17.9 Å². The summed E-state index contributed by atoms with van der Waals surface area (Å²) in [5, 5.41) is 4.76. The van der Waals surface area contributed by atoms with Gasteiger partial charge in [-0.1, -0.05) is 25.5 Å². The fourth-order valence-corrected chi connectivity index (χ4v) is 3.43. The first kappa shape index (κ1) is 17.4. The molecule has 0 bridgehead atoms. The SMILES string of the molecule is CCCc1c(Cn2cc(C)nc2-c2cccc(F)c2)nn2ccc(C)nc12. The Morgan fingerprint density at radius 2 is 1.93 bits per heavy atom. The number of halogens is 1. The molecule has 6 heteroatoms. The summed E-state index contributed by atoms with van der Waals surface area (Å²) in [5.41, 5.74) is 5.69. The molecule has 0 aliphatic heterocycles. The first-order valence-electron chi connectivity index (χ1n) is 9.18. The number of hydrogen-bond donors (Lipinski definition) is 0. The molecule has 3 heterocycles. The zero-order valence-electron chi connectivity index (χ0n) is 15.8. The maximum atomic E-state index is 13.7. The fraction of sp³-hybridized carbons (Fsp3) is 0.286. The molecule has 4 aromatic rings. The molecule has 0 atom stereocenters. The summed E-state index contributed by atoms with van der Waals surface area (Å²) in [4.78, 5) is 9.29. The molecule has 0 saturated heterocycles. The van der Waals surface area contributed by atoms with Gasteiger partial charge < -0.3 is 4.57 Å². The predicted octanol–water partition coefficient (Wildman–Crippen LogP) is 4.35. The van der Waals surface area contributed by atoms with E-state index in [-0.39, 0.29) is 5.82 Å². The Bertz CT molecular complexity index is 1110. The standard InChI is InChI=1S/C21H22FN5/c1-4-6-18-19(25-27-10-9-14(2)23-21(18)27)13-26-12-15(3)24-20(26)16-7-5-8-17(22)11-16/h5,7-12H,4,6,13H2,1-3H3. The average Bonchev–Trinajstić information content (AvgIpc) is 3.16. The zero-order chi connectivity index (χ0) is 19.0. The van der Waals surface area contributed by atoms with Crippen LogP contribution in [0, 0.1) is 19.7 Å². The summed E-state index contributed by atoms with van der Waals surface area (Å²) in [6.07, 6.45) is 5.87. The number of benzene rings is 1. The van der Waals surface area contributed by atoms with E-state index in [1.807, 2.05) is 47.5 Å². The Labute approximate surface area is 157 Å². The van der Waals surface area contributed by atoms with Crippen LogP contribution >= 0.6 is 0 Å². The zero-order valence-corrected chi connectivity index (χ0v) is 15.8. The van der Waals surface area contributed by atoms with E-state index in [1.165, 1.54) is 12.1 Å². The highest BCUT2D eigenvalue weighted by Crippen LogP contribution is 2.23. The Hall–Kier alpha value is -3.02. The molecule has 3 aromatic heterocycles. The number of nitrogens with zero attached hydrogens (tertiary/aromatic N) is 5. The summed E-state index contributed by atoms with van der Waals surface area (Å²) in [5.74, 6) is 0.481. The predicted molar refractivity (Wildman–Crippen MR) is 103 cm³/mol. The number of fused-ring (bicyclic) bond motifs is 1. The summed E-state index contributed by atoms with van der Waals surface area (Å²) in [7, 11) is 0. The van der Waals surface area contributed by atoms with Gasteiger partial charge >= 0.3 is 0 Å². The van der Waals surface area contributed by atoms with E-state index < -0.39 is 0 Å². The third kappa shape index (κ3) is 3.35. The Kier molecular flexibility index (Phi) is 4.48. The van der Waals surface area contributed by atoms with Crippen molar-refractivity contribution in [2.75, 3.05) is 0 Å². The molecule has 0 spiro atoms. The number of imidazole rings is 1. The van der Waals surface area contributed by atoms with Gasteiger partial charge in [-0.2, -0.15) is 5.10 Å². The quantitative estimate of drug-likeness (QED) is 0.530. The normalized spacial score (nSPS) is 11.4. The summed E-state index contributed by atoms with van der Waals surface area (Å²) >= 11 is 0. The van der Waals surface area contributed by atoms with Crippen LogP contribution < -0.4 is 0 Å². The molecular weight excluding hydrogens is 341 g/mol. The van der Waals surface area contributed by atoms with Crippen molar-refractivity contribution >= 4 is 5.65 Å². The molecule has 0 saturated carbocycles. The van der Waals surface area contributed by atoms with Crippen molar-refractivity contribution in [1.29, 1.82) is 0 Å². The van der Waals surface area contributed by atoms with Crippen molar-refractivity contribution in [2.24, 2.45) is 0 Å². The summed E-state index contributed by atoms with van der Waals surface area (Å²) in [6.45, 7) is 6.66. The molecule has 0 fully saturated rings. The second-order valence-corrected chi connectivity index (χ2v) is 6.86. The van der Waals surface area contributed by atoms with E-state index in [4.69, 9.17) is 5.10 Å². The topological polar surface area (TPSA) is 48.0 Å². The van der Waals surface area contributed by atoms with Crippen molar-refractivity contribution < 1.29 is 4.39 Å². The van der Waals surface area contributed by atoms with Gasteiger partial charge in [0.25, 0.3) is 0 Å². The molecule has 138 valence electrons. The van der Waals surface area contributed by atoms with Crippen LogP contribution in [-0.2, 0) is 13.0 Å². The van der Waals surface area contributed by atoms with Gasteiger partial charge in [-0.15, -0.1) is 0 Å². The van der Waals surface area contributed by atoms with Gasteiger partial charge in [0.1, 0.15) is 11.6 Å². The Balaban J connectivity index is 1.80. The molecule has 0 aliphatic carbocycles. The highest BCUT2D eigenvalue weighted by atomic mass is 19.1. The van der Waals surface area contributed by atoms with Crippen LogP contribution in [-0.4, -0.2) is 24.1 Å². The van der Waals surface area contributed by atoms with Crippen LogP contribution in [0.1, 0.15) is 36.0 Å². The molecule has 0 radical (unpaired) electrons. The minimum atomic E-state index is -0.265. The lowest BCUT2D eigenvalue weighted by Crippen LogP contribution is -2.04. The fourth-order valence-electron chi connectivity index (χ4n) is 3.43. The third-order valence-corrected chi connectivity index (χ3v) is 4.60. The molecule has 27 heavy (non-hydrogen) atoms. The number of rotatable bonds is 5. The van der Waals surface area contributed by atoms with Crippen molar-refractivity contribution in [2.45, 2.75) is 40.2 Å². The van der Waals surface area contributed by atoms with Crippen LogP contribution in [0.25, 0.3) is 17.0 Å². The van der Waals surface area contributed by atoms with Crippen LogP contribution in [0.5, 0.6) is 0 Å². The maximum absolute atomic E-state index is 13.7. The lowest BCUT2D eigenvalue weighted by atomic mass is 10.1. The van der Waals surface area contributed by atoms with Gasteiger partial charge in [-0.3, -0.25) is 0 Å². The van der Waals surface area contributed by atoms with Crippen LogP contribution in [0.4, 0.5) is 4.39 Å². The third-order valence-electron chi connectivity index (χ3n) is 4.60. The molecule has 0 aliphatic rings. The highest BCUT2D eigenvalue weighted by Gasteiger charge is 2.17. The van der Waals surface area contributed by atoms with Crippen molar-refractivity contribution in [3.63, 3.8) is 0 Å². The van der Waals surface area contributed by atoms with Gasteiger partial charge in [0.15, 0.2) is 5.65 Å². The van der Waals surface area contributed by atoms with E-state index in [1.54, 1.807) is 6.07 Å². The van der Waals surface area contributed by atoms with Gasteiger partial charge in [0.2, 0.25) is 0 Å². The molecule has 4 rings (SSSR count). The molecular formula is C21H22FN5. The lowest BCUT2D eigenvalue weighted by molar-refractivity contribution is 0.628. The van der Waals surface area contributed by atoms with Gasteiger partial charge in [0, 0.05) is 29.2 Å². The monoisotopic (exact) mass is 363 g/mol. The van der Waals surface area contributed by atoms with Gasteiger partial charge in [-0.25, -0.2) is 18.9 Å². The van der Waals surface area contributed by atoms with E-state index in [0.29, 0.717) is 6.54 Å². The van der Waals surface area contributed by atoms with E-state index in [9.17, 15) is 4.39 Å². The van der Waals surface area contributed by atoms with Crippen molar-refractivity contribution in [3.8, 4) is 11.4 Å². The first-order chi connectivity index (χ1) is 13.0. The lowest BCUT2D eigenvalue weighted by Gasteiger charge is -2.08. The van der Waals surface area contributed by atoms with Crippen LogP contribution in [0.3, 0.4) is 0 Å². The molecule has 0 N–H and O–H groups in total.